The maximum atomic E-state index is 6.17. The molecular weight excluding hydrogens is 480 g/mol. The van der Waals surface area contributed by atoms with Crippen LogP contribution in [-0.2, 0) is 11.8 Å². The molecule has 6 nitrogen and oxygen atoms in total. The smallest absolute Gasteiger partial charge is 0.203 e. The minimum Gasteiger partial charge on any atom is -0.384 e. The molecule has 0 spiro atoms. The second-order valence-corrected chi connectivity index (χ2v) is 10.9. The molecule has 0 saturated heterocycles. The van der Waals surface area contributed by atoms with Crippen LogP contribution in [0.5, 0.6) is 0 Å². The van der Waals surface area contributed by atoms with Gasteiger partial charge in [0.1, 0.15) is 11.3 Å². The molecule has 5 aromatic rings. The number of nitrogen functional groups attached to an aromatic ring is 1. The third-order valence-electron chi connectivity index (χ3n) is 8.50. The van der Waals surface area contributed by atoms with Gasteiger partial charge in [-0.25, -0.2) is 4.98 Å². The van der Waals surface area contributed by atoms with Gasteiger partial charge in [-0.3, -0.25) is 0 Å². The molecule has 1 fully saturated rings. The zero-order valence-electron chi connectivity index (χ0n) is 22.3. The summed E-state index contributed by atoms with van der Waals surface area (Å²) >= 11 is 0. The number of fused-ring (bicyclic) bond motifs is 1. The number of anilines is 1. The Bertz CT molecular complexity index is 1470. The van der Waals surface area contributed by atoms with E-state index in [0.717, 1.165) is 30.5 Å². The average Bonchev–Trinajstić information content (AvgIpc) is 3.46. The van der Waals surface area contributed by atoms with E-state index >= 15 is 0 Å². The number of H-pyrrole nitrogens is 1. The molecule has 1 aliphatic rings. The maximum absolute atomic E-state index is 6.17. The van der Waals surface area contributed by atoms with Crippen molar-refractivity contribution in [3.05, 3.63) is 119 Å². The van der Waals surface area contributed by atoms with Gasteiger partial charge in [0.2, 0.25) is 5.65 Å². The zero-order chi connectivity index (χ0) is 26.5. The molecule has 0 aliphatic heterocycles. The summed E-state index contributed by atoms with van der Waals surface area (Å²) in [6.07, 6.45) is 6.76. The summed E-state index contributed by atoms with van der Waals surface area (Å²) in [5.41, 5.74) is 13.0. The summed E-state index contributed by atoms with van der Waals surface area (Å²) in [5.74, 6) is 0.630. The Kier molecular flexibility index (Phi) is 7.37. The van der Waals surface area contributed by atoms with E-state index in [-0.39, 0.29) is 11.3 Å². The van der Waals surface area contributed by atoms with Crippen LogP contribution in [0.1, 0.15) is 60.3 Å². The first kappa shape index (κ1) is 25.3. The normalized spacial score (nSPS) is 20.2. The predicted octanol–water partition coefficient (Wildman–Crippen LogP) is 6.17. The fourth-order valence-corrected chi connectivity index (χ4v) is 6.48. The third-order valence-corrected chi connectivity index (χ3v) is 8.50. The van der Waals surface area contributed by atoms with Crippen molar-refractivity contribution in [2.75, 3.05) is 12.3 Å². The first-order chi connectivity index (χ1) is 19.2. The minimum absolute atomic E-state index is 0.154. The number of benzene rings is 3. The quantitative estimate of drug-likeness (QED) is 0.218. The molecule has 198 valence electrons. The molecule has 3 aromatic carbocycles. The molecule has 4 N–H and O–H groups in total. The second kappa shape index (κ2) is 11.4. The molecule has 1 saturated carbocycles. The fourth-order valence-electron chi connectivity index (χ4n) is 6.48. The molecule has 0 bridgehead atoms. The van der Waals surface area contributed by atoms with Crippen molar-refractivity contribution >= 4 is 17.0 Å². The highest BCUT2D eigenvalue weighted by atomic mass is 15.3. The fraction of sp³-hybridized carbons (Fsp3) is 0.303. The Morgan fingerprint density at radius 3 is 2.26 bits per heavy atom. The molecule has 0 amide bonds. The first-order valence-corrected chi connectivity index (χ1v) is 14.0. The highest BCUT2D eigenvalue weighted by Crippen LogP contribution is 2.42. The van der Waals surface area contributed by atoms with Crippen LogP contribution in [0.25, 0.3) is 11.2 Å². The Morgan fingerprint density at radius 1 is 0.872 bits per heavy atom. The van der Waals surface area contributed by atoms with Gasteiger partial charge in [-0.15, -0.1) is 5.10 Å². The minimum atomic E-state index is 0.154. The van der Waals surface area contributed by atoms with E-state index in [1.807, 2.05) is 6.07 Å². The summed E-state index contributed by atoms with van der Waals surface area (Å²) in [6, 6.07) is 35.2. The van der Waals surface area contributed by atoms with Gasteiger partial charge in [-0.05, 0) is 78.8 Å². The van der Waals surface area contributed by atoms with E-state index in [9.17, 15) is 0 Å². The Balaban J connectivity index is 1.16. The molecule has 2 heterocycles. The van der Waals surface area contributed by atoms with Crippen LogP contribution in [0.4, 0.5) is 5.82 Å². The second-order valence-electron chi connectivity index (χ2n) is 10.9. The number of pyridine rings is 1. The topological polar surface area (TPSA) is 92.5 Å². The first-order valence-electron chi connectivity index (χ1n) is 14.0. The molecule has 2 aromatic heterocycles. The Hall–Kier alpha value is -4.03. The SMILES string of the molecule is Nc1cc(C(CCNC2CCC(Cc3ccccc3)(c3ccccc3)CC2)c2ccccc2)c2n[nH]nc2n1. The summed E-state index contributed by atoms with van der Waals surface area (Å²) in [7, 11) is 0. The standard InChI is InChI=1S/C33H36N6/c34-30-22-29(31-32(36-30)38-39-37-31)28(25-12-6-2-7-13-25)18-21-35-27-16-19-33(20-17-27,26-14-8-3-9-15-26)23-24-10-4-1-5-11-24/h1-15,22,27-28,35H,16-21,23H2,(H3,34,36,37,38,39). The van der Waals surface area contributed by atoms with Crippen LogP contribution in [0, 0.1) is 0 Å². The van der Waals surface area contributed by atoms with Crippen molar-refractivity contribution < 1.29 is 0 Å². The van der Waals surface area contributed by atoms with E-state index in [1.54, 1.807) is 0 Å². The summed E-state index contributed by atoms with van der Waals surface area (Å²) < 4.78 is 0. The number of aromatic nitrogens is 4. The Labute approximate surface area is 230 Å². The number of rotatable bonds is 9. The lowest BCUT2D eigenvalue weighted by atomic mass is 9.65. The lowest BCUT2D eigenvalue weighted by Gasteiger charge is -2.41. The highest BCUT2D eigenvalue weighted by Gasteiger charge is 2.36. The van der Waals surface area contributed by atoms with Crippen molar-refractivity contribution in [1.82, 2.24) is 25.7 Å². The van der Waals surface area contributed by atoms with Gasteiger partial charge in [-0.2, -0.15) is 10.3 Å². The van der Waals surface area contributed by atoms with Crippen molar-refractivity contribution in [1.29, 1.82) is 0 Å². The molecule has 39 heavy (non-hydrogen) atoms. The van der Waals surface area contributed by atoms with Crippen molar-refractivity contribution in [3.8, 4) is 0 Å². The van der Waals surface area contributed by atoms with Gasteiger partial charge < -0.3 is 11.1 Å². The summed E-state index contributed by atoms with van der Waals surface area (Å²) in [6.45, 7) is 0.919. The van der Waals surface area contributed by atoms with Crippen LogP contribution in [0.2, 0.25) is 0 Å². The van der Waals surface area contributed by atoms with Gasteiger partial charge in [0, 0.05) is 12.0 Å². The third kappa shape index (κ3) is 5.57. The molecule has 1 aliphatic carbocycles. The van der Waals surface area contributed by atoms with Gasteiger partial charge in [0.05, 0.1) is 0 Å². The molecule has 0 radical (unpaired) electrons. The number of nitrogens with one attached hydrogen (secondary N) is 2. The Morgan fingerprint density at radius 2 is 1.54 bits per heavy atom. The molecule has 1 atom stereocenters. The van der Waals surface area contributed by atoms with Crippen LogP contribution in [0.15, 0.2) is 97.1 Å². The van der Waals surface area contributed by atoms with E-state index < -0.39 is 0 Å². The molecular formula is C33H36N6. The lowest BCUT2D eigenvalue weighted by Crippen LogP contribution is -2.41. The number of nitrogens with two attached hydrogens (primary N) is 1. The number of hydrogen-bond acceptors (Lipinski definition) is 5. The summed E-state index contributed by atoms with van der Waals surface area (Å²) in [4.78, 5) is 4.35. The van der Waals surface area contributed by atoms with Gasteiger partial charge in [-0.1, -0.05) is 91.0 Å². The van der Waals surface area contributed by atoms with Gasteiger partial charge >= 0.3 is 0 Å². The van der Waals surface area contributed by atoms with Crippen molar-refractivity contribution in [2.45, 2.75) is 55.9 Å². The van der Waals surface area contributed by atoms with Gasteiger partial charge in [0.15, 0.2) is 0 Å². The van der Waals surface area contributed by atoms with E-state index in [2.05, 4.69) is 117 Å². The number of nitrogens with zero attached hydrogens (tertiary/aromatic N) is 3. The van der Waals surface area contributed by atoms with Crippen LogP contribution in [0.3, 0.4) is 0 Å². The lowest BCUT2D eigenvalue weighted by molar-refractivity contribution is 0.243. The maximum Gasteiger partial charge on any atom is 0.203 e. The van der Waals surface area contributed by atoms with E-state index in [1.165, 1.54) is 42.4 Å². The predicted molar refractivity (Wildman–Crippen MR) is 158 cm³/mol. The monoisotopic (exact) mass is 516 g/mol. The largest absolute Gasteiger partial charge is 0.384 e. The summed E-state index contributed by atoms with van der Waals surface area (Å²) in [5, 5.41) is 15.2. The average molecular weight is 517 g/mol. The van der Waals surface area contributed by atoms with Crippen molar-refractivity contribution in [2.24, 2.45) is 0 Å². The molecule has 6 heteroatoms. The van der Waals surface area contributed by atoms with Crippen LogP contribution in [-0.4, -0.2) is 33.0 Å². The van der Waals surface area contributed by atoms with E-state index in [4.69, 9.17) is 5.73 Å². The van der Waals surface area contributed by atoms with Crippen LogP contribution >= 0.6 is 0 Å². The van der Waals surface area contributed by atoms with Crippen molar-refractivity contribution in [3.63, 3.8) is 0 Å². The number of hydrogen-bond donors (Lipinski definition) is 3. The molecule has 1 unspecified atom stereocenters. The zero-order valence-corrected chi connectivity index (χ0v) is 22.3. The number of aromatic amines is 1. The highest BCUT2D eigenvalue weighted by molar-refractivity contribution is 5.77. The van der Waals surface area contributed by atoms with Crippen LogP contribution < -0.4 is 11.1 Å². The van der Waals surface area contributed by atoms with E-state index in [0.29, 0.717) is 17.5 Å². The molecule has 6 rings (SSSR count). The van der Waals surface area contributed by atoms with Gasteiger partial charge in [0.25, 0.3) is 0 Å².